The first-order valence-electron chi connectivity index (χ1n) is 8.90. The molecule has 7 heteroatoms. The summed E-state index contributed by atoms with van der Waals surface area (Å²) in [4.78, 5) is 12.2. The molecular formula is C20H26N2O4S. The van der Waals surface area contributed by atoms with Gasteiger partial charge in [0.25, 0.3) is 0 Å². The summed E-state index contributed by atoms with van der Waals surface area (Å²) < 4.78 is 28.1. The van der Waals surface area contributed by atoms with E-state index in [9.17, 15) is 13.2 Å². The van der Waals surface area contributed by atoms with Crippen LogP contribution in [0.15, 0.2) is 47.4 Å². The Labute approximate surface area is 160 Å². The number of carbonyl (C=O) groups is 1. The smallest absolute Gasteiger partial charge is 0.238 e. The molecule has 6 nitrogen and oxygen atoms in total. The summed E-state index contributed by atoms with van der Waals surface area (Å²) in [6, 6.07) is 12.1. The number of nitrogens with one attached hydrogen (secondary N) is 1. The maximum atomic E-state index is 12.1. The van der Waals surface area contributed by atoms with Crippen LogP contribution in [0.4, 0.5) is 0 Å². The predicted octanol–water partition coefficient (Wildman–Crippen LogP) is 2.68. The highest BCUT2D eigenvalue weighted by atomic mass is 32.2. The minimum Gasteiger partial charge on any atom is -0.494 e. The highest BCUT2D eigenvalue weighted by Gasteiger charge is 2.08. The standard InChI is InChI=1S/C20H26N2O4S/c1-3-12-26-18-8-7-17(15(2)13-18)14-22-20(23)11-6-16-4-9-19(10-5-16)27(21,24)25/h4-5,7-10,13H,3,6,11-12,14H2,1-2H3,(H,22,23)(H2,21,24,25). The van der Waals surface area contributed by atoms with Gasteiger partial charge < -0.3 is 10.1 Å². The number of carbonyl (C=O) groups excluding carboxylic acids is 1. The van der Waals surface area contributed by atoms with E-state index in [-0.39, 0.29) is 10.8 Å². The number of amides is 1. The number of primary sulfonamides is 1. The highest BCUT2D eigenvalue weighted by Crippen LogP contribution is 2.17. The Hall–Kier alpha value is -2.38. The van der Waals surface area contributed by atoms with E-state index in [4.69, 9.17) is 9.88 Å². The first-order valence-corrected chi connectivity index (χ1v) is 10.4. The van der Waals surface area contributed by atoms with Gasteiger partial charge in [-0.1, -0.05) is 25.1 Å². The zero-order chi connectivity index (χ0) is 19.9. The molecule has 0 saturated heterocycles. The lowest BCUT2D eigenvalue weighted by atomic mass is 10.1. The fourth-order valence-electron chi connectivity index (χ4n) is 2.56. The van der Waals surface area contributed by atoms with Crippen molar-refractivity contribution >= 4 is 15.9 Å². The molecule has 3 N–H and O–H groups in total. The van der Waals surface area contributed by atoms with Crippen molar-refractivity contribution < 1.29 is 17.9 Å². The van der Waals surface area contributed by atoms with Gasteiger partial charge in [-0.15, -0.1) is 0 Å². The minimum absolute atomic E-state index is 0.0590. The average Bonchev–Trinajstić information content (AvgIpc) is 2.63. The van der Waals surface area contributed by atoms with Crippen LogP contribution in [0.1, 0.15) is 36.5 Å². The Kier molecular flexibility index (Phi) is 7.38. The Morgan fingerprint density at radius 1 is 1.15 bits per heavy atom. The summed E-state index contributed by atoms with van der Waals surface area (Å²) in [5.41, 5.74) is 3.00. The van der Waals surface area contributed by atoms with Gasteiger partial charge in [-0.3, -0.25) is 4.79 Å². The molecule has 0 aliphatic rings. The number of hydrogen-bond donors (Lipinski definition) is 2. The molecule has 0 aliphatic carbocycles. The Balaban J connectivity index is 1.82. The summed E-state index contributed by atoms with van der Waals surface area (Å²) in [5, 5.41) is 7.98. The highest BCUT2D eigenvalue weighted by molar-refractivity contribution is 7.89. The molecule has 0 unspecified atom stereocenters. The quantitative estimate of drug-likeness (QED) is 0.688. The van der Waals surface area contributed by atoms with Crippen LogP contribution in [-0.4, -0.2) is 20.9 Å². The van der Waals surface area contributed by atoms with Crippen LogP contribution < -0.4 is 15.2 Å². The van der Waals surface area contributed by atoms with Crippen LogP contribution in [0.5, 0.6) is 5.75 Å². The zero-order valence-corrected chi connectivity index (χ0v) is 16.5. The molecule has 0 bridgehead atoms. The van der Waals surface area contributed by atoms with Crippen molar-refractivity contribution in [1.29, 1.82) is 0 Å². The van der Waals surface area contributed by atoms with Gasteiger partial charge in [0, 0.05) is 13.0 Å². The lowest BCUT2D eigenvalue weighted by Gasteiger charge is -2.11. The maximum Gasteiger partial charge on any atom is 0.238 e. The maximum absolute atomic E-state index is 12.1. The summed E-state index contributed by atoms with van der Waals surface area (Å²) in [7, 11) is -3.69. The van der Waals surface area contributed by atoms with Crippen molar-refractivity contribution in [3.8, 4) is 5.75 Å². The molecule has 0 radical (unpaired) electrons. The van der Waals surface area contributed by atoms with E-state index in [0.29, 0.717) is 26.0 Å². The predicted molar refractivity (Wildman–Crippen MR) is 105 cm³/mol. The van der Waals surface area contributed by atoms with E-state index in [1.54, 1.807) is 12.1 Å². The van der Waals surface area contributed by atoms with Crippen LogP contribution >= 0.6 is 0 Å². The molecular weight excluding hydrogens is 364 g/mol. The third-order valence-corrected chi connectivity index (χ3v) is 5.08. The summed E-state index contributed by atoms with van der Waals surface area (Å²) in [5.74, 6) is 0.781. The van der Waals surface area contributed by atoms with Gasteiger partial charge in [0.1, 0.15) is 5.75 Å². The third kappa shape index (κ3) is 6.69. The van der Waals surface area contributed by atoms with Gasteiger partial charge in [0.2, 0.25) is 15.9 Å². The monoisotopic (exact) mass is 390 g/mol. The number of sulfonamides is 1. The summed E-state index contributed by atoms with van der Waals surface area (Å²) >= 11 is 0. The van der Waals surface area contributed by atoms with Crippen molar-refractivity contribution in [2.45, 2.75) is 44.6 Å². The molecule has 0 spiro atoms. The van der Waals surface area contributed by atoms with Gasteiger partial charge in [-0.25, -0.2) is 13.6 Å². The largest absolute Gasteiger partial charge is 0.494 e. The Bertz CT molecular complexity index is 877. The normalized spacial score (nSPS) is 11.2. The topological polar surface area (TPSA) is 98.5 Å². The first-order chi connectivity index (χ1) is 12.8. The number of nitrogens with two attached hydrogens (primary N) is 1. The molecule has 0 aliphatic heterocycles. The Morgan fingerprint density at radius 3 is 2.44 bits per heavy atom. The van der Waals surface area contributed by atoms with Crippen LogP contribution in [-0.2, 0) is 27.8 Å². The van der Waals surface area contributed by atoms with Gasteiger partial charge in [0.15, 0.2) is 0 Å². The Morgan fingerprint density at radius 2 is 1.85 bits per heavy atom. The van der Waals surface area contributed by atoms with Crippen LogP contribution in [0.2, 0.25) is 0 Å². The molecule has 2 aromatic carbocycles. The second kappa shape index (κ2) is 9.53. The van der Waals surface area contributed by atoms with Crippen molar-refractivity contribution in [2.75, 3.05) is 6.61 Å². The van der Waals surface area contributed by atoms with E-state index in [2.05, 4.69) is 12.2 Å². The molecule has 27 heavy (non-hydrogen) atoms. The van der Waals surface area contributed by atoms with Gasteiger partial charge in [0.05, 0.1) is 11.5 Å². The lowest BCUT2D eigenvalue weighted by Crippen LogP contribution is -2.23. The molecule has 2 aromatic rings. The SMILES string of the molecule is CCCOc1ccc(CNC(=O)CCc2ccc(S(N)(=O)=O)cc2)c(C)c1. The van der Waals surface area contributed by atoms with E-state index in [0.717, 1.165) is 28.9 Å². The van der Waals surface area contributed by atoms with Crippen LogP contribution in [0, 0.1) is 6.92 Å². The molecule has 0 atom stereocenters. The lowest BCUT2D eigenvalue weighted by molar-refractivity contribution is -0.121. The van der Waals surface area contributed by atoms with Crippen molar-refractivity contribution in [3.63, 3.8) is 0 Å². The van der Waals surface area contributed by atoms with Crippen molar-refractivity contribution in [3.05, 3.63) is 59.2 Å². The van der Waals surface area contributed by atoms with E-state index >= 15 is 0 Å². The molecule has 0 saturated carbocycles. The van der Waals surface area contributed by atoms with Gasteiger partial charge >= 0.3 is 0 Å². The summed E-state index contributed by atoms with van der Waals surface area (Å²) in [6.07, 6.45) is 1.81. The number of ether oxygens (including phenoxy) is 1. The molecule has 1 amide bonds. The average molecular weight is 391 g/mol. The third-order valence-electron chi connectivity index (χ3n) is 4.16. The van der Waals surface area contributed by atoms with E-state index < -0.39 is 10.0 Å². The molecule has 0 heterocycles. The fraction of sp³-hybridized carbons (Fsp3) is 0.350. The van der Waals surface area contributed by atoms with Crippen molar-refractivity contribution in [1.82, 2.24) is 5.32 Å². The number of aryl methyl sites for hydroxylation is 2. The fourth-order valence-corrected chi connectivity index (χ4v) is 3.08. The van der Waals surface area contributed by atoms with Crippen LogP contribution in [0.3, 0.4) is 0 Å². The molecule has 0 aromatic heterocycles. The van der Waals surface area contributed by atoms with E-state index in [1.165, 1.54) is 12.1 Å². The summed E-state index contributed by atoms with van der Waals surface area (Å²) in [6.45, 7) is 5.20. The van der Waals surface area contributed by atoms with Crippen molar-refractivity contribution in [2.24, 2.45) is 5.14 Å². The second-order valence-electron chi connectivity index (χ2n) is 6.40. The first kappa shape index (κ1) is 20.9. The molecule has 2 rings (SSSR count). The van der Waals surface area contributed by atoms with Gasteiger partial charge in [-0.05, 0) is 60.7 Å². The number of benzene rings is 2. The van der Waals surface area contributed by atoms with E-state index in [1.807, 2.05) is 25.1 Å². The molecule has 0 fully saturated rings. The zero-order valence-electron chi connectivity index (χ0n) is 15.7. The van der Waals surface area contributed by atoms with Gasteiger partial charge in [-0.2, -0.15) is 0 Å². The minimum atomic E-state index is -3.69. The second-order valence-corrected chi connectivity index (χ2v) is 7.96. The number of rotatable bonds is 9. The number of hydrogen-bond acceptors (Lipinski definition) is 4. The van der Waals surface area contributed by atoms with Crippen LogP contribution in [0.25, 0.3) is 0 Å². The molecule has 146 valence electrons.